The zero-order valence-electron chi connectivity index (χ0n) is 15.9. The Morgan fingerprint density at radius 2 is 1.78 bits per heavy atom. The third kappa shape index (κ3) is 5.05. The molecule has 0 spiro atoms. The monoisotopic (exact) mass is 381 g/mol. The number of hydrogen-bond acceptors (Lipinski definition) is 4. The molecule has 0 radical (unpaired) electrons. The molecule has 2 rings (SSSR count). The number of allylic oxidation sites excluding steroid dienone is 1. The lowest BCUT2D eigenvalue weighted by Gasteiger charge is -2.20. The van der Waals surface area contributed by atoms with E-state index in [9.17, 15) is 0 Å². The summed E-state index contributed by atoms with van der Waals surface area (Å²) in [6.45, 7) is 9.59. The first kappa shape index (κ1) is 20.4. The highest BCUT2D eigenvalue weighted by atomic mass is 35.5. The van der Waals surface area contributed by atoms with Crippen molar-refractivity contribution in [1.29, 1.82) is 0 Å². The Morgan fingerprint density at radius 1 is 1.11 bits per heavy atom. The molecule has 5 nitrogen and oxygen atoms in total. The van der Waals surface area contributed by atoms with E-state index in [2.05, 4.69) is 64.3 Å². The molecule has 0 atom stereocenters. The molecule has 0 saturated heterocycles. The standard InChI is InChI=1S/C21H24ClN5/c1-15(20(22)23-2)27(5)14-16-10-12-17(13-11-16)18-8-6-7-9-19(18)21(24-3)26-25-4/h6-13H,2,4,14H2,1,3,5H3,(H,24,26)/b20-15-. The molecule has 0 bridgehead atoms. The molecule has 2 aromatic carbocycles. The lowest BCUT2D eigenvalue weighted by Crippen LogP contribution is -2.19. The van der Waals surface area contributed by atoms with Gasteiger partial charge in [0.1, 0.15) is 11.0 Å². The topological polar surface area (TPSA) is 52.4 Å². The first-order valence-electron chi connectivity index (χ1n) is 8.43. The van der Waals surface area contributed by atoms with Gasteiger partial charge in [-0.25, -0.2) is 0 Å². The molecule has 0 unspecified atom stereocenters. The fourth-order valence-corrected chi connectivity index (χ4v) is 2.85. The van der Waals surface area contributed by atoms with Gasteiger partial charge in [-0.05, 0) is 30.3 Å². The van der Waals surface area contributed by atoms with Crippen LogP contribution in [0.15, 0.2) is 74.5 Å². The van der Waals surface area contributed by atoms with E-state index in [4.69, 9.17) is 11.6 Å². The Morgan fingerprint density at radius 3 is 2.37 bits per heavy atom. The number of benzene rings is 2. The van der Waals surface area contributed by atoms with E-state index in [0.29, 0.717) is 11.0 Å². The molecule has 0 amide bonds. The number of nitrogens with one attached hydrogen (secondary N) is 1. The Labute approximate surface area is 165 Å². The lowest BCUT2D eigenvalue weighted by molar-refractivity contribution is 0.410. The summed E-state index contributed by atoms with van der Waals surface area (Å²) in [5.41, 5.74) is 8.05. The van der Waals surface area contributed by atoms with Gasteiger partial charge >= 0.3 is 0 Å². The van der Waals surface area contributed by atoms with E-state index >= 15 is 0 Å². The van der Waals surface area contributed by atoms with Gasteiger partial charge in [-0.15, -0.1) is 0 Å². The van der Waals surface area contributed by atoms with Gasteiger partial charge in [-0.2, -0.15) is 5.10 Å². The zero-order chi connectivity index (χ0) is 19.8. The molecule has 6 heteroatoms. The highest BCUT2D eigenvalue weighted by Gasteiger charge is 2.10. The summed E-state index contributed by atoms with van der Waals surface area (Å²) >= 11 is 6.05. The average molecular weight is 382 g/mol. The number of nitrogens with zero attached hydrogens (tertiary/aromatic N) is 4. The summed E-state index contributed by atoms with van der Waals surface area (Å²) in [4.78, 5) is 10.1. The van der Waals surface area contributed by atoms with Crippen LogP contribution in [0.3, 0.4) is 0 Å². The Bertz CT molecular complexity index is 868. The first-order chi connectivity index (χ1) is 13.0. The van der Waals surface area contributed by atoms with Crippen molar-refractivity contribution < 1.29 is 0 Å². The van der Waals surface area contributed by atoms with E-state index in [1.807, 2.05) is 37.1 Å². The third-order valence-electron chi connectivity index (χ3n) is 4.29. The normalized spacial score (nSPS) is 12.2. The van der Waals surface area contributed by atoms with Crippen LogP contribution < -0.4 is 5.43 Å². The van der Waals surface area contributed by atoms with Crippen LogP contribution >= 0.6 is 11.6 Å². The van der Waals surface area contributed by atoms with Crippen LogP contribution in [0.4, 0.5) is 0 Å². The Hall–Kier alpha value is -2.92. The largest absolute Gasteiger partial charge is 0.371 e. The van der Waals surface area contributed by atoms with E-state index in [1.54, 1.807) is 7.05 Å². The maximum atomic E-state index is 6.05. The van der Waals surface area contributed by atoms with Crippen LogP contribution in [-0.4, -0.2) is 38.3 Å². The summed E-state index contributed by atoms with van der Waals surface area (Å²) < 4.78 is 0. The second-order valence-corrected chi connectivity index (χ2v) is 6.33. The molecule has 2 aromatic rings. The number of amidine groups is 1. The maximum absolute atomic E-state index is 6.05. The summed E-state index contributed by atoms with van der Waals surface area (Å²) in [7, 11) is 3.70. The molecule has 1 N–H and O–H groups in total. The highest BCUT2D eigenvalue weighted by Crippen LogP contribution is 2.25. The quantitative estimate of drug-likeness (QED) is 0.332. The van der Waals surface area contributed by atoms with Crippen molar-refractivity contribution >= 4 is 30.9 Å². The first-order valence-corrected chi connectivity index (χ1v) is 8.81. The van der Waals surface area contributed by atoms with Gasteiger partial charge in [0, 0.05) is 38.6 Å². The van der Waals surface area contributed by atoms with Crippen molar-refractivity contribution in [1.82, 2.24) is 10.3 Å². The molecule has 0 fully saturated rings. The molecule has 0 aromatic heterocycles. The molecule has 140 valence electrons. The predicted molar refractivity (Wildman–Crippen MR) is 117 cm³/mol. The van der Waals surface area contributed by atoms with Gasteiger partial charge in [0.2, 0.25) is 0 Å². The second kappa shape index (κ2) is 9.69. The van der Waals surface area contributed by atoms with Gasteiger partial charge in [0.25, 0.3) is 0 Å². The summed E-state index contributed by atoms with van der Waals surface area (Å²) in [5, 5.41) is 4.15. The molecule has 0 aliphatic carbocycles. The predicted octanol–water partition coefficient (Wildman–Crippen LogP) is 4.50. The molecular formula is C21H24ClN5. The third-order valence-corrected chi connectivity index (χ3v) is 4.68. The van der Waals surface area contributed by atoms with Crippen molar-refractivity contribution in [3.05, 3.63) is 70.5 Å². The van der Waals surface area contributed by atoms with Crippen LogP contribution in [0.5, 0.6) is 0 Å². The number of hydrogen-bond donors (Lipinski definition) is 1. The summed E-state index contributed by atoms with van der Waals surface area (Å²) in [6, 6.07) is 16.5. The van der Waals surface area contributed by atoms with E-state index in [1.165, 1.54) is 5.56 Å². The number of rotatable bonds is 7. The molecular weight excluding hydrogens is 358 g/mol. The lowest BCUT2D eigenvalue weighted by atomic mass is 9.98. The summed E-state index contributed by atoms with van der Waals surface area (Å²) in [5.74, 6) is 0.678. The smallest absolute Gasteiger partial charge is 0.149 e. The molecule has 0 aliphatic rings. The van der Waals surface area contributed by atoms with Crippen molar-refractivity contribution in [3.63, 3.8) is 0 Å². The van der Waals surface area contributed by atoms with Crippen LogP contribution in [0.1, 0.15) is 18.1 Å². The van der Waals surface area contributed by atoms with E-state index < -0.39 is 0 Å². The van der Waals surface area contributed by atoms with Crippen LogP contribution in [-0.2, 0) is 6.54 Å². The van der Waals surface area contributed by atoms with Gasteiger partial charge < -0.3 is 4.90 Å². The minimum absolute atomic E-state index is 0.415. The summed E-state index contributed by atoms with van der Waals surface area (Å²) in [6.07, 6.45) is 0. The van der Waals surface area contributed by atoms with Crippen LogP contribution in [0.25, 0.3) is 11.1 Å². The zero-order valence-corrected chi connectivity index (χ0v) is 16.7. The Balaban J connectivity index is 2.29. The van der Waals surface area contributed by atoms with Crippen LogP contribution in [0, 0.1) is 0 Å². The molecule has 0 heterocycles. The minimum Gasteiger partial charge on any atom is -0.371 e. The van der Waals surface area contributed by atoms with Gasteiger partial charge in [0.15, 0.2) is 0 Å². The molecule has 0 saturated carbocycles. The average Bonchev–Trinajstić information content (AvgIpc) is 2.71. The van der Waals surface area contributed by atoms with Crippen molar-refractivity contribution in [2.45, 2.75) is 13.5 Å². The number of hydrazone groups is 1. The highest BCUT2D eigenvalue weighted by molar-refractivity contribution is 6.29. The van der Waals surface area contributed by atoms with Gasteiger partial charge in [-0.3, -0.25) is 15.4 Å². The molecule has 0 aliphatic heterocycles. The van der Waals surface area contributed by atoms with E-state index in [-0.39, 0.29) is 0 Å². The fraction of sp³-hybridized carbons (Fsp3) is 0.190. The second-order valence-electron chi connectivity index (χ2n) is 5.98. The maximum Gasteiger partial charge on any atom is 0.149 e. The molecule has 27 heavy (non-hydrogen) atoms. The van der Waals surface area contributed by atoms with Crippen molar-refractivity contribution in [2.24, 2.45) is 15.1 Å². The number of halogens is 1. The van der Waals surface area contributed by atoms with Crippen LogP contribution in [0.2, 0.25) is 0 Å². The minimum atomic E-state index is 0.415. The van der Waals surface area contributed by atoms with Crippen molar-refractivity contribution in [2.75, 3.05) is 14.1 Å². The van der Waals surface area contributed by atoms with Gasteiger partial charge in [0.05, 0.1) is 0 Å². The fourth-order valence-electron chi connectivity index (χ4n) is 2.70. The van der Waals surface area contributed by atoms with Crippen molar-refractivity contribution in [3.8, 4) is 11.1 Å². The number of aliphatic imine (C=N–C) groups is 2. The van der Waals surface area contributed by atoms with Gasteiger partial charge in [-0.1, -0.05) is 60.1 Å². The Kier molecular flexibility index (Phi) is 7.32. The SMILES string of the molecule is C=NNC(=NC)c1ccccc1-c1ccc(CN(C)/C(C)=C(/Cl)N=C)cc1. The van der Waals surface area contributed by atoms with E-state index in [0.717, 1.165) is 28.9 Å².